The second-order valence-corrected chi connectivity index (χ2v) is 3.07. The number of pyridine rings is 1. The molecule has 1 aromatic rings. The van der Waals surface area contributed by atoms with Gasteiger partial charge in [-0.3, -0.25) is 10.1 Å². The lowest BCUT2D eigenvalue weighted by atomic mass is 10.3. The molecule has 0 N–H and O–H groups in total. The molecule has 0 aromatic carbocycles. The first-order chi connectivity index (χ1) is 5.59. The topological polar surface area (TPSA) is 70.1 Å². The van der Waals surface area contributed by atoms with Gasteiger partial charge in [-0.1, -0.05) is 15.9 Å². The Morgan fingerprint density at radius 2 is 2.33 bits per heavy atom. The van der Waals surface area contributed by atoms with E-state index < -0.39 is 11.5 Å². The molecule has 0 amide bonds. The predicted molar refractivity (Wildman–Crippen MR) is 43.8 cm³/mol. The predicted octanol–water partition coefficient (Wildman–Crippen LogP) is 0.859. The van der Waals surface area contributed by atoms with E-state index in [0.717, 1.165) is 0 Å². The van der Waals surface area contributed by atoms with Crippen LogP contribution in [-0.2, 0) is 6.54 Å². The van der Waals surface area contributed by atoms with Gasteiger partial charge in [0.05, 0.1) is 0 Å². The number of hydrogen-bond acceptors (Lipinski definition) is 3. The third-order valence-electron chi connectivity index (χ3n) is 1.25. The van der Waals surface area contributed by atoms with Gasteiger partial charge in [0.25, 0.3) is 12.2 Å². The molecule has 0 saturated heterocycles. The van der Waals surface area contributed by atoms with Crippen molar-refractivity contribution in [3.05, 3.63) is 43.8 Å². The maximum absolute atomic E-state index is 10.9. The Bertz CT molecular complexity index is 316. The highest BCUT2D eigenvalue weighted by molar-refractivity contribution is 9.10. The van der Waals surface area contributed by atoms with Crippen LogP contribution < -0.4 is 4.73 Å². The van der Waals surface area contributed by atoms with E-state index in [4.69, 9.17) is 0 Å². The molecule has 5 nitrogen and oxygen atoms in total. The molecule has 1 aromatic heterocycles. The smallest absolute Gasteiger partial charge is 0.287 e. The Hall–Kier alpha value is -1.17. The van der Waals surface area contributed by atoms with Crippen molar-refractivity contribution in [2.24, 2.45) is 0 Å². The highest BCUT2D eigenvalue weighted by Crippen LogP contribution is 2.08. The van der Waals surface area contributed by atoms with Gasteiger partial charge >= 0.3 is 0 Å². The summed E-state index contributed by atoms with van der Waals surface area (Å²) in [7, 11) is 0. The van der Waals surface area contributed by atoms with Crippen LogP contribution in [-0.4, -0.2) is 4.92 Å². The summed E-state index contributed by atoms with van der Waals surface area (Å²) in [6, 6.07) is 2.95. The number of halogens is 1. The maximum atomic E-state index is 10.9. The van der Waals surface area contributed by atoms with Crippen LogP contribution >= 0.6 is 15.9 Å². The fraction of sp³-hybridized carbons (Fsp3) is 0.167. The van der Waals surface area contributed by atoms with E-state index in [9.17, 15) is 15.3 Å². The van der Waals surface area contributed by atoms with E-state index in [2.05, 4.69) is 15.9 Å². The number of rotatable bonds is 2. The SMILES string of the molecule is O=[N+]([O-])Cc1cc(Br)cc[n+]1[O-]. The highest BCUT2D eigenvalue weighted by Gasteiger charge is 2.11. The van der Waals surface area contributed by atoms with Gasteiger partial charge in [0, 0.05) is 21.5 Å². The average Bonchev–Trinajstić information content (AvgIpc) is 1.96. The van der Waals surface area contributed by atoms with Gasteiger partial charge in [0.2, 0.25) is 0 Å². The van der Waals surface area contributed by atoms with Crippen LogP contribution in [0.2, 0.25) is 0 Å². The van der Waals surface area contributed by atoms with Crippen LogP contribution in [0.25, 0.3) is 0 Å². The van der Waals surface area contributed by atoms with E-state index >= 15 is 0 Å². The highest BCUT2D eigenvalue weighted by atomic mass is 79.9. The van der Waals surface area contributed by atoms with Gasteiger partial charge < -0.3 is 5.21 Å². The molecule has 0 atom stereocenters. The van der Waals surface area contributed by atoms with Crippen LogP contribution in [0.3, 0.4) is 0 Å². The first-order valence-corrected chi connectivity index (χ1v) is 3.88. The largest absolute Gasteiger partial charge is 0.618 e. The maximum Gasteiger partial charge on any atom is 0.287 e. The summed E-state index contributed by atoms with van der Waals surface area (Å²) in [4.78, 5) is 9.52. The van der Waals surface area contributed by atoms with Crippen molar-refractivity contribution in [2.75, 3.05) is 0 Å². The summed E-state index contributed by atoms with van der Waals surface area (Å²) >= 11 is 3.11. The fourth-order valence-electron chi connectivity index (χ4n) is 0.753. The quantitative estimate of drug-likeness (QED) is 0.329. The van der Waals surface area contributed by atoms with Crippen molar-refractivity contribution < 1.29 is 9.65 Å². The van der Waals surface area contributed by atoms with Crippen molar-refractivity contribution in [2.45, 2.75) is 6.54 Å². The van der Waals surface area contributed by atoms with E-state index in [1.54, 1.807) is 0 Å². The van der Waals surface area contributed by atoms with E-state index in [0.29, 0.717) is 9.20 Å². The lowest BCUT2D eigenvalue weighted by Gasteiger charge is -1.99. The first-order valence-electron chi connectivity index (χ1n) is 3.09. The molecule has 0 saturated carbocycles. The summed E-state index contributed by atoms with van der Waals surface area (Å²) in [6.45, 7) is -0.455. The van der Waals surface area contributed by atoms with Crippen LogP contribution in [0.5, 0.6) is 0 Å². The summed E-state index contributed by atoms with van der Waals surface area (Å²) in [6.07, 6.45) is 1.23. The Kier molecular flexibility index (Phi) is 2.59. The van der Waals surface area contributed by atoms with E-state index in [1.807, 2.05) is 0 Å². The van der Waals surface area contributed by atoms with E-state index in [1.165, 1.54) is 18.3 Å². The summed E-state index contributed by atoms with van der Waals surface area (Å²) < 4.78 is 1.14. The molecule has 64 valence electrons. The molecule has 1 rings (SSSR count). The van der Waals surface area contributed by atoms with Crippen molar-refractivity contribution in [1.82, 2.24) is 0 Å². The van der Waals surface area contributed by atoms with Gasteiger partial charge in [-0.15, -0.1) is 0 Å². The fourth-order valence-corrected chi connectivity index (χ4v) is 1.14. The Morgan fingerprint density at radius 1 is 1.67 bits per heavy atom. The molecule has 0 unspecified atom stereocenters. The molecule has 1 heterocycles. The normalized spacial score (nSPS) is 9.75. The van der Waals surface area contributed by atoms with Crippen molar-refractivity contribution in [1.29, 1.82) is 0 Å². The number of hydrogen-bond donors (Lipinski definition) is 0. The molecule has 0 fully saturated rings. The van der Waals surface area contributed by atoms with E-state index in [-0.39, 0.29) is 5.69 Å². The minimum Gasteiger partial charge on any atom is -0.618 e. The Balaban J connectivity index is 2.97. The molecule has 0 bridgehead atoms. The first kappa shape index (κ1) is 8.92. The van der Waals surface area contributed by atoms with Crippen LogP contribution in [0.4, 0.5) is 0 Å². The number of aromatic nitrogens is 1. The molecule has 0 radical (unpaired) electrons. The lowest BCUT2D eigenvalue weighted by molar-refractivity contribution is -0.637. The van der Waals surface area contributed by atoms with Gasteiger partial charge in [0.15, 0.2) is 6.20 Å². The molecule has 0 aliphatic rings. The van der Waals surface area contributed by atoms with Crippen LogP contribution in [0.1, 0.15) is 5.69 Å². The Morgan fingerprint density at radius 3 is 2.92 bits per heavy atom. The van der Waals surface area contributed by atoms with Crippen LogP contribution in [0.15, 0.2) is 22.8 Å². The van der Waals surface area contributed by atoms with Crippen molar-refractivity contribution >= 4 is 15.9 Å². The average molecular weight is 233 g/mol. The van der Waals surface area contributed by atoms with Crippen molar-refractivity contribution in [3.63, 3.8) is 0 Å². The molecular weight excluding hydrogens is 228 g/mol. The monoisotopic (exact) mass is 232 g/mol. The number of nitrogens with zero attached hydrogens (tertiary/aromatic N) is 2. The standard InChI is InChI=1S/C6H5BrN2O3/c7-5-1-2-8(10)6(3-5)4-9(11)12/h1-3H,4H2. The summed E-state index contributed by atoms with van der Waals surface area (Å²) in [5, 5.41) is 21.0. The third kappa shape index (κ3) is 2.16. The van der Waals surface area contributed by atoms with Gasteiger partial charge in [-0.25, -0.2) is 0 Å². The lowest BCUT2D eigenvalue weighted by Crippen LogP contribution is -2.32. The molecule has 0 aliphatic carbocycles. The zero-order chi connectivity index (χ0) is 9.14. The summed E-state index contributed by atoms with van der Waals surface area (Å²) in [5.74, 6) is 0. The third-order valence-corrected chi connectivity index (χ3v) is 1.74. The number of nitro groups is 1. The molecule has 0 aliphatic heterocycles. The van der Waals surface area contributed by atoms with Gasteiger partial charge in [-0.2, -0.15) is 4.73 Å². The minimum atomic E-state index is -0.545. The van der Waals surface area contributed by atoms with Gasteiger partial charge in [0.1, 0.15) is 0 Å². The molecule has 0 spiro atoms. The second kappa shape index (κ2) is 3.48. The van der Waals surface area contributed by atoms with Gasteiger partial charge in [-0.05, 0) is 0 Å². The van der Waals surface area contributed by atoms with Crippen LogP contribution in [0, 0.1) is 15.3 Å². The summed E-state index contributed by atoms with van der Waals surface area (Å²) in [5.41, 5.74) is 0.120. The molecule has 6 heteroatoms. The second-order valence-electron chi connectivity index (χ2n) is 2.15. The molecular formula is C6H5BrN2O3. The zero-order valence-corrected chi connectivity index (χ0v) is 7.52. The van der Waals surface area contributed by atoms with Crippen molar-refractivity contribution in [3.8, 4) is 0 Å². The Labute approximate surface area is 76.5 Å². The molecule has 12 heavy (non-hydrogen) atoms. The zero-order valence-electron chi connectivity index (χ0n) is 5.94. The minimum absolute atomic E-state index is 0.120.